The number of hydrogen-bond donors (Lipinski definition) is 1. The lowest BCUT2D eigenvalue weighted by Crippen LogP contribution is -2.40. The number of aromatic nitrogens is 3. The van der Waals surface area contributed by atoms with Crippen LogP contribution in [0.1, 0.15) is 25.5 Å². The largest absolute Gasteiger partial charge is 0.463 e. The van der Waals surface area contributed by atoms with Gasteiger partial charge in [0.2, 0.25) is 11.9 Å². The number of nitrogens with one attached hydrogen (secondary N) is 1. The molecule has 0 aliphatic carbocycles. The Labute approximate surface area is 180 Å². The fourth-order valence-corrected chi connectivity index (χ4v) is 3.70. The summed E-state index contributed by atoms with van der Waals surface area (Å²) in [6.07, 6.45) is 1.43. The third-order valence-corrected chi connectivity index (χ3v) is 5.08. The lowest BCUT2D eigenvalue weighted by atomic mass is 9.95. The molecule has 1 aliphatic heterocycles. The van der Waals surface area contributed by atoms with E-state index in [1.165, 1.54) is 6.33 Å². The number of para-hydroxylation sites is 1. The summed E-state index contributed by atoms with van der Waals surface area (Å²) in [5.74, 6) is -0.187. The molecule has 0 spiro atoms. The molecule has 0 saturated heterocycles. The quantitative estimate of drug-likeness (QED) is 0.620. The third kappa shape index (κ3) is 4.05. The molecule has 31 heavy (non-hydrogen) atoms. The van der Waals surface area contributed by atoms with Crippen molar-refractivity contribution in [1.29, 1.82) is 0 Å². The van der Waals surface area contributed by atoms with Crippen molar-refractivity contribution in [2.75, 3.05) is 23.4 Å². The molecule has 8 nitrogen and oxygen atoms in total. The zero-order chi connectivity index (χ0) is 21.8. The number of carbonyl (C=O) groups is 2. The van der Waals surface area contributed by atoms with Gasteiger partial charge in [0.05, 0.1) is 12.2 Å². The Hall–Kier alpha value is -3.94. The van der Waals surface area contributed by atoms with E-state index in [0.29, 0.717) is 22.9 Å². The van der Waals surface area contributed by atoms with Crippen molar-refractivity contribution in [2.45, 2.75) is 19.9 Å². The predicted molar refractivity (Wildman–Crippen MR) is 116 cm³/mol. The SMILES string of the molecule is CCOC(=O)C1=C(C)N(CC(=O)Nc2ccccc2)c2ncnn2[C@H]1c1ccccc1. The van der Waals surface area contributed by atoms with Gasteiger partial charge in [-0.3, -0.25) is 4.79 Å². The Morgan fingerprint density at radius 1 is 1.06 bits per heavy atom. The molecule has 0 saturated carbocycles. The van der Waals surface area contributed by atoms with Gasteiger partial charge in [-0.25, -0.2) is 9.48 Å². The first-order chi connectivity index (χ1) is 15.1. The molecule has 0 fully saturated rings. The number of nitrogens with zero attached hydrogens (tertiary/aromatic N) is 4. The molecule has 2 aromatic carbocycles. The summed E-state index contributed by atoms with van der Waals surface area (Å²) in [6, 6.07) is 18.3. The number of amides is 1. The van der Waals surface area contributed by atoms with Crippen LogP contribution < -0.4 is 10.2 Å². The topological polar surface area (TPSA) is 89.3 Å². The van der Waals surface area contributed by atoms with Crippen LogP contribution in [0, 0.1) is 0 Å². The molecule has 3 aromatic rings. The number of rotatable bonds is 6. The highest BCUT2D eigenvalue weighted by molar-refractivity contribution is 5.96. The Morgan fingerprint density at radius 3 is 2.42 bits per heavy atom. The molecule has 8 heteroatoms. The fraction of sp³-hybridized carbons (Fsp3) is 0.217. The summed E-state index contributed by atoms with van der Waals surface area (Å²) >= 11 is 0. The Morgan fingerprint density at radius 2 is 1.74 bits per heavy atom. The molecular formula is C23H23N5O3. The lowest BCUT2D eigenvalue weighted by Gasteiger charge is -2.35. The van der Waals surface area contributed by atoms with Gasteiger partial charge in [0.15, 0.2) is 0 Å². The van der Waals surface area contributed by atoms with E-state index in [2.05, 4.69) is 15.4 Å². The zero-order valence-corrected chi connectivity index (χ0v) is 17.4. The van der Waals surface area contributed by atoms with Crippen molar-refractivity contribution in [3.63, 3.8) is 0 Å². The number of carbonyl (C=O) groups excluding carboxylic acids is 2. The predicted octanol–water partition coefficient (Wildman–Crippen LogP) is 3.16. The molecule has 4 rings (SSSR count). The molecule has 1 aliphatic rings. The number of esters is 1. The second-order valence-corrected chi connectivity index (χ2v) is 7.04. The highest BCUT2D eigenvalue weighted by atomic mass is 16.5. The van der Waals surface area contributed by atoms with Crippen molar-refractivity contribution in [1.82, 2.24) is 14.8 Å². The maximum absolute atomic E-state index is 13.0. The van der Waals surface area contributed by atoms with Crippen LogP contribution in [0.3, 0.4) is 0 Å². The molecule has 158 valence electrons. The molecule has 2 heterocycles. The third-order valence-electron chi connectivity index (χ3n) is 5.08. The van der Waals surface area contributed by atoms with Crippen LogP contribution in [0.5, 0.6) is 0 Å². The summed E-state index contributed by atoms with van der Waals surface area (Å²) in [5.41, 5.74) is 2.61. The molecule has 1 atom stereocenters. The average Bonchev–Trinajstić information content (AvgIpc) is 3.26. The Kier molecular flexibility index (Phi) is 5.79. The van der Waals surface area contributed by atoms with Crippen LogP contribution in [0.25, 0.3) is 0 Å². The van der Waals surface area contributed by atoms with E-state index in [1.54, 1.807) is 23.4 Å². The van der Waals surface area contributed by atoms with E-state index in [1.807, 2.05) is 60.7 Å². The van der Waals surface area contributed by atoms with Gasteiger partial charge in [0.25, 0.3) is 0 Å². The zero-order valence-electron chi connectivity index (χ0n) is 17.4. The van der Waals surface area contributed by atoms with Gasteiger partial charge in [-0.15, -0.1) is 0 Å². The molecule has 1 aromatic heterocycles. The summed E-state index contributed by atoms with van der Waals surface area (Å²) < 4.78 is 7.02. The Balaban J connectivity index is 1.73. The second kappa shape index (κ2) is 8.83. The molecular weight excluding hydrogens is 394 g/mol. The first-order valence-corrected chi connectivity index (χ1v) is 10.0. The van der Waals surface area contributed by atoms with E-state index in [9.17, 15) is 9.59 Å². The monoisotopic (exact) mass is 417 g/mol. The Bertz CT molecular complexity index is 1110. The van der Waals surface area contributed by atoms with E-state index < -0.39 is 12.0 Å². The minimum atomic E-state index is -0.494. The number of fused-ring (bicyclic) bond motifs is 1. The summed E-state index contributed by atoms with van der Waals surface area (Å²) in [7, 11) is 0. The van der Waals surface area contributed by atoms with Crippen LogP contribution in [-0.4, -0.2) is 39.8 Å². The van der Waals surface area contributed by atoms with Gasteiger partial charge < -0.3 is 15.0 Å². The van der Waals surface area contributed by atoms with Gasteiger partial charge in [-0.2, -0.15) is 10.1 Å². The van der Waals surface area contributed by atoms with Gasteiger partial charge in [0, 0.05) is 11.4 Å². The van der Waals surface area contributed by atoms with Crippen molar-refractivity contribution in [2.24, 2.45) is 0 Å². The first kappa shape index (κ1) is 20.3. The maximum atomic E-state index is 13.0. The molecule has 0 unspecified atom stereocenters. The average molecular weight is 417 g/mol. The number of hydrogen-bond acceptors (Lipinski definition) is 6. The van der Waals surface area contributed by atoms with Gasteiger partial charge in [0.1, 0.15) is 18.9 Å². The second-order valence-electron chi connectivity index (χ2n) is 7.04. The summed E-state index contributed by atoms with van der Waals surface area (Å²) in [4.78, 5) is 31.8. The van der Waals surface area contributed by atoms with Crippen LogP contribution in [0.2, 0.25) is 0 Å². The molecule has 1 amide bonds. The van der Waals surface area contributed by atoms with Crippen LogP contribution in [0.15, 0.2) is 78.3 Å². The van der Waals surface area contributed by atoms with Gasteiger partial charge in [-0.1, -0.05) is 48.5 Å². The van der Waals surface area contributed by atoms with Crippen molar-refractivity contribution in [3.05, 3.63) is 83.8 Å². The number of ether oxygens (including phenoxy) is 1. The number of allylic oxidation sites excluding steroid dienone is 1. The fourth-order valence-electron chi connectivity index (χ4n) is 3.70. The smallest absolute Gasteiger partial charge is 0.338 e. The molecule has 0 bridgehead atoms. The maximum Gasteiger partial charge on any atom is 0.338 e. The molecule has 1 N–H and O–H groups in total. The van der Waals surface area contributed by atoms with Gasteiger partial charge >= 0.3 is 5.97 Å². The minimum absolute atomic E-state index is 0.0240. The van der Waals surface area contributed by atoms with Crippen molar-refractivity contribution < 1.29 is 14.3 Å². The molecule has 0 radical (unpaired) electrons. The van der Waals surface area contributed by atoms with E-state index in [4.69, 9.17) is 4.74 Å². The lowest BCUT2D eigenvalue weighted by molar-refractivity contribution is -0.139. The van der Waals surface area contributed by atoms with Crippen molar-refractivity contribution in [3.8, 4) is 0 Å². The summed E-state index contributed by atoms with van der Waals surface area (Å²) in [5, 5.41) is 7.24. The standard InChI is InChI=1S/C23H23N5O3/c1-3-31-22(30)20-16(2)27(14-19(29)26-18-12-8-5-9-13-18)23-24-15-25-28(23)21(20)17-10-6-4-7-11-17/h4-13,15,21H,3,14H2,1-2H3,(H,26,29)/t21-/m0/s1. The van der Waals surface area contributed by atoms with Crippen LogP contribution >= 0.6 is 0 Å². The normalized spacial score (nSPS) is 15.4. The minimum Gasteiger partial charge on any atom is -0.463 e. The van der Waals surface area contributed by atoms with E-state index in [0.717, 1.165) is 5.56 Å². The van der Waals surface area contributed by atoms with Crippen LogP contribution in [0.4, 0.5) is 11.6 Å². The highest BCUT2D eigenvalue weighted by Crippen LogP contribution is 2.38. The van der Waals surface area contributed by atoms with Gasteiger partial charge in [-0.05, 0) is 31.5 Å². The highest BCUT2D eigenvalue weighted by Gasteiger charge is 2.38. The van der Waals surface area contributed by atoms with Crippen molar-refractivity contribution >= 4 is 23.5 Å². The van der Waals surface area contributed by atoms with E-state index >= 15 is 0 Å². The summed E-state index contributed by atoms with van der Waals surface area (Å²) in [6.45, 7) is 3.79. The number of benzene rings is 2. The van der Waals surface area contributed by atoms with Crippen LogP contribution in [-0.2, 0) is 14.3 Å². The van der Waals surface area contributed by atoms with E-state index in [-0.39, 0.29) is 19.1 Å². The first-order valence-electron chi connectivity index (χ1n) is 10.0. The number of anilines is 2.